The molecule has 0 radical (unpaired) electrons. The summed E-state index contributed by atoms with van der Waals surface area (Å²) in [6.45, 7) is 39.2. The van der Waals surface area contributed by atoms with E-state index in [0.29, 0.717) is 23.6 Å². The van der Waals surface area contributed by atoms with Crippen molar-refractivity contribution in [3.05, 3.63) is 24.3 Å². The number of carbonyl (C=O) groups excluding carboxylic acids is 2. The van der Waals surface area contributed by atoms with Gasteiger partial charge in [0.25, 0.3) is 0 Å². The molecule has 0 bridgehead atoms. The summed E-state index contributed by atoms with van der Waals surface area (Å²) in [5.41, 5.74) is 2.69. The summed E-state index contributed by atoms with van der Waals surface area (Å²) in [5, 5.41) is 0. The maximum absolute atomic E-state index is 11.9. The van der Waals surface area contributed by atoms with Gasteiger partial charge in [0.15, 0.2) is 42.3 Å². The van der Waals surface area contributed by atoms with Gasteiger partial charge in [0.05, 0.1) is 0 Å². The van der Waals surface area contributed by atoms with E-state index in [1.165, 1.54) is 0 Å². The van der Waals surface area contributed by atoms with Crippen LogP contribution in [0.3, 0.4) is 0 Å². The Hall–Kier alpha value is -0.222. The quantitative estimate of drug-likeness (QED) is 0.0917. The third kappa shape index (κ3) is 17.7. The van der Waals surface area contributed by atoms with Crippen LogP contribution in [0.1, 0.15) is 13.8 Å². The SMILES string of the molecule is C=C(C)C(=O)OC[SiH](C)O[Si](C)(C)C[Si](C)(C)O[Si](C)(C)O[Si](C)(C)C[Si](C)(C)O[Si](C)(C)COC(=O)C(=C)C. The highest BCUT2D eigenvalue weighted by atomic mass is 28.5. The van der Waals surface area contributed by atoms with Crippen molar-refractivity contribution in [3.8, 4) is 0 Å². The third-order valence-corrected chi connectivity index (χ3v) is 37.6. The Morgan fingerprint density at radius 2 is 0.975 bits per heavy atom. The van der Waals surface area contributed by atoms with E-state index in [1.807, 2.05) is 0 Å². The van der Waals surface area contributed by atoms with E-state index in [-0.39, 0.29) is 11.9 Å². The second-order valence-electron chi connectivity index (χ2n) is 14.5. The monoisotopic (exact) mass is 682 g/mol. The molecule has 15 heteroatoms. The van der Waals surface area contributed by atoms with Crippen molar-refractivity contribution >= 4 is 71.1 Å². The van der Waals surface area contributed by atoms with Crippen LogP contribution < -0.4 is 0 Å². The van der Waals surface area contributed by atoms with E-state index < -0.39 is 59.2 Å². The molecule has 0 aliphatic rings. The van der Waals surface area contributed by atoms with Crippen LogP contribution >= 0.6 is 0 Å². The maximum atomic E-state index is 11.9. The van der Waals surface area contributed by atoms with Crippen molar-refractivity contribution < 1.29 is 35.5 Å². The molecule has 234 valence electrons. The summed E-state index contributed by atoms with van der Waals surface area (Å²) in [4.78, 5) is 23.6. The molecule has 0 saturated heterocycles. The largest absolute Gasteiger partial charge is 0.464 e. The second kappa shape index (κ2) is 15.0. The van der Waals surface area contributed by atoms with Gasteiger partial charge in [0, 0.05) is 11.1 Å². The predicted octanol–water partition coefficient (Wildman–Crippen LogP) is 6.53. The van der Waals surface area contributed by atoms with E-state index in [0.717, 1.165) is 11.3 Å². The van der Waals surface area contributed by atoms with E-state index in [1.54, 1.807) is 13.8 Å². The van der Waals surface area contributed by atoms with Gasteiger partial charge in [-0.15, -0.1) is 0 Å². The number of esters is 2. The predicted molar refractivity (Wildman–Crippen MR) is 183 cm³/mol. The zero-order chi connectivity index (χ0) is 32.0. The lowest BCUT2D eigenvalue weighted by Gasteiger charge is -2.43. The van der Waals surface area contributed by atoms with Gasteiger partial charge >= 0.3 is 20.5 Å². The smallest absolute Gasteiger partial charge is 0.332 e. The molecule has 0 aromatic rings. The molecule has 0 N–H and O–H groups in total. The Bertz CT molecular complexity index is 917. The Morgan fingerprint density at radius 1 is 0.600 bits per heavy atom. The minimum atomic E-state index is -2.44. The summed E-state index contributed by atoms with van der Waals surface area (Å²) >= 11 is 0. The highest BCUT2D eigenvalue weighted by molar-refractivity contribution is 6.98. The van der Waals surface area contributed by atoms with Crippen LogP contribution in [0.4, 0.5) is 0 Å². The molecule has 0 aromatic heterocycles. The molecule has 0 aromatic carbocycles. The fourth-order valence-electron chi connectivity index (χ4n) is 5.59. The number of rotatable bonds is 18. The molecule has 40 heavy (non-hydrogen) atoms. The van der Waals surface area contributed by atoms with Gasteiger partial charge in [0.1, 0.15) is 12.5 Å². The van der Waals surface area contributed by atoms with Crippen molar-refractivity contribution in [2.24, 2.45) is 0 Å². The number of hydrogen-bond donors (Lipinski definition) is 0. The fraction of sp³-hybridized carbons (Fsp3) is 0.760. The van der Waals surface area contributed by atoms with Gasteiger partial charge in [-0.25, -0.2) is 9.59 Å². The average molecular weight is 683 g/mol. The summed E-state index contributed by atoms with van der Waals surface area (Å²) in [7, 11) is -14.7. The first-order chi connectivity index (χ1) is 17.6. The first-order valence-corrected chi connectivity index (χ1v) is 34.9. The first kappa shape index (κ1) is 39.8. The lowest BCUT2D eigenvalue weighted by atomic mass is 10.4. The van der Waals surface area contributed by atoms with Gasteiger partial charge in [-0.1, -0.05) is 13.2 Å². The Labute approximate surface area is 252 Å². The second-order valence-corrected chi connectivity index (χ2v) is 43.4. The molecule has 0 saturated carbocycles. The fourth-order valence-corrected chi connectivity index (χ4v) is 48.8. The maximum Gasteiger partial charge on any atom is 0.332 e. The summed E-state index contributed by atoms with van der Waals surface area (Å²) in [6.07, 6.45) is 0.673. The van der Waals surface area contributed by atoms with Crippen molar-refractivity contribution in [2.75, 3.05) is 12.5 Å². The third-order valence-electron chi connectivity index (χ3n) is 5.52. The highest BCUT2D eigenvalue weighted by Gasteiger charge is 2.46. The highest BCUT2D eigenvalue weighted by Crippen LogP contribution is 2.31. The summed E-state index contributed by atoms with van der Waals surface area (Å²) in [5.74, 6) is -0.719. The van der Waals surface area contributed by atoms with Crippen molar-refractivity contribution in [3.63, 3.8) is 0 Å². The summed E-state index contributed by atoms with van der Waals surface area (Å²) in [6, 6.07) is 0. The van der Waals surface area contributed by atoms with Crippen molar-refractivity contribution in [1.82, 2.24) is 0 Å². The molecule has 0 aliphatic carbocycles. The Balaban J connectivity index is 5.19. The van der Waals surface area contributed by atoms with Gasteiger partial charge in [0.2, 0.25) is 8.32 Å². The van der Waals surface area contributed by atoms with Crippen LogP contribution in [0, 0.1) is 0 Å². The molecule has 0 fully saturated rings. The average Bonchev–Trinajstić information content (AvgIpc) is 2.64. The lowest BCUT2D eigenvalue weighted by Crippen LogP contribution is -2.58. The molecule has 0 aliphatic heterocycles. The molecule has 1 atom stereocenters. The summed E-state index contributed by atoms with van der Waals surface area (Å²) < 4.78 is 37.8. The van der Waals surface area contributed by atoms with Gasteiger partial charge in [-0.3, -0.25) is 0 Å². The zero-order valence-electron chi connectivity index (χ0n) is 28.1. The molecule has 8 nitrogen and oxygen atoms in total. The van der Waals surface area contributed by atoms with E-state index in [2.05, 4.69) is 98.3 Å². The minimum absolute atomic E-state index is 0.320. The molecule has 0 rings (SSSR count). The normalized spacial score (nSPS) is 14.5. The Morgan fingerprint density at radius 3 is 1.40 bits per heavy atom. The minimum Gasteiger partial charge on any atom is -0.464 e. The van der Waals surface area contributed by atoms with Crippen LogP contribution in [0.2, 0.25) is 96.4 Å². The number of carbonyl (C=O) groups is 2. The zero-order valence-corrected chi connectivity index (χ0v) is 35.2. The van der Waals surface area contributed by atoms with Crippen molar-refractivity contribution in [2.45, 2.75) is 110 Å². The van der Waals surface area contributed by atoms with Crippen LogP contribution in [0.15, 0.2) is 24.3 Å². The lowest BCUT2D eigenvalue weighted by molar-refractivity contribution is -0.138. The molecule has 0 amide bonds. The van der Waals surface area contributed by atoms with Gasteiger partial charge in [-0.05, 0) is 110 Å². The van der Waals surface area contributed by atoms with Crippen LogP contribution in [0.5, 0.6) is 0 Å². The standard InChI is InChI=1S/C25H58O8Si7/c1-22(2)24(26)28-18-34(5)30-36(8,9)20-38(12,13)32-40(16,17)33-39(14,15)21-37(10,11)31-35(6,7)19-29-25(27)23(3)4/h34H,1,3,18-21H2,2,4-17H3. The molecule has 0 heterocycles. The van der Waals surface area contributed by atoms with Crippen LogP contribution in [0.25, 0.3) is 0 Å². The molecule has 0 spiro atoms. The molecular formula is C25H58O8Si7. The molecule has 1 unspecified atom stereocenters. The number of hydrogen-bond acceptors (Lipinski definition) is 8. The van der Waals surface area contributed by atoms with Crippen molar-refractivity contribution in [1.29, 1.82) is 0 Å². The van der Waals surface area contributed by atoms with Gasteiger partial charge in [-0.2, -0.15) is 0 Å². The van der Waals surface area contributed by atoms with E-state index in [9.17, 15) is 9.59 Å². The first-order valence-electron chi connectivity index (χ1n) is 14.0. The topological polar surface area (TPSA) is 89.5 Å². The molecular weight excluding hydrogens is 625 g/mol. The van der Waals surface area contributed by atoms with Crippen LogP contribution in [-0.4, -0.2) is 83.6 Å². The van der Waals surface area contributed by atoms with E-state index >= 15 is 0 Å². The van der Waals surface area contributed by atoms with Gasteiger partial charge < -0.3 is 25.9 Å². The Kier molecular flexibility index (Phi) is 14.9. The van der Waals surface area contributed by atoms with Crippen LogP contribution in [-0.2, 0) is 35.5 Å². The number of ether oxygens (including phenoxy) is 2. The van der Waals surface area contributed by atoms with E-state index in [4.69, 9.17) is 25.9 Å².